The third-order valence-corrected chi connectivity index (χ3v) is 5.64. The summed E-state index contributed by atoms with van der Waals surface area (Å²) >= 11 is 12.1. The molecule has 7 heteroatoms. The van der Waals surface area contributed by atoms with Crippen LogP contribution in [0, 0.1) is 0 Å². The number of amides is 1. The summed E-state index contributed by atoms with van der Waals surface area (Å²) in [5, 5.41) is 1.57. The van der Waals surface area contributed by atoms with E-state index in [1.807, 2.05) is 36.4 Å². The molecule has 2 heterocycles. The lowest BCUT2D eigenvalue weighted by atomic mass is 9.88. The number of carbonyl (C=O) groups is 2. The maximum Gasteiger partial charge on any atom is 0.328 e. The SMILES string of the molecule is COC(=O)C1Cc2c([nH]c3ccccc23)C(c2cccc(Cl)c2)N1C(=O)CCl. The maximum absolute atomic E-state index is 12.8. The van der Waals surface area contributed by atoms with Gasteiger partial charge >= 0.3 is 5.97 Å². The summed E-state index contributed by atoms with van der Waals surface area (Å²) in [7, 11) is 1.32. The number of alkyl halides is 1. The summed E-state index contributed by atoms with van der Waals surface area (Å²) in [6, 6.07) is 13.9. The lowest BCUT2D eigenvalue weighted by Crippen LogP contribution is -2.52. The molecule has 2 aromatic carbocycles. The molecule has 0 fully saturated rings. The van der Waals surface area contributed by atoms with Gasteiger partial charge in [-0.25, -0.2) is 4.79 Å². The number of esters is 1. The number of H-pyrrole nitrogens is 1. The fraction of sp³-hybridized carbons (Fsp3) is 0.238. The van der Waals surface area contributed by atoms with Crippen LogP contribution in [-0.4, -0.2) is 40.8 Å². The molecule has 1 N–H and O–H groups in total. The standard InChI is InChI=1S/C21H18Cl2N2O3/c1-28-21(27)17-10-15-14-7-2-3-8-16(14)24-19(15)20(25(17)18(26)11-22)12-5-4-6-13(23)9-12/h2-9,17,20,24H,10-11H2,1H3. The van der Waals surface area contributed by atoms with E-state index in [0.717, 1.165) is 27.7 Å². The normalized spacial score (nSPS) is 18.8. The van der Waals surface area contributed by atoms with Crippen molar-refractivity contribution in [1.82, 2.24) is 9.88 Å². The van der Waals surface area contributed by atoms with E-state index in [1.54, 1.807) is 12.1 Å². The number of ether oxygens (including phenoxy) is 1. The van der Waals surface area contributed by atoms with Crippen molar-refractivity contribution < 1.29 is 14.3 Å². The van der Waals surface area contributed by atoms with Gasteiger partial charge in [0, 0.05) is 28.0 Å². The molecule has 28 heavy (non-hydrogen) atoms. The van der Waals surface area contributed by atoms with Gasteiger partial charge in [-0.15, -0.1) is 11.6 Å². The lowest BCUT2D eigenvalue weighted by Gasteiger charge is -2.40. The summed E-state index contributed by atoms with van der Waals surface area (Å²) < 4.78 is 5.01. The van der Waals surface area contributed by atoms with E-state index in [0.29, 0.717) is 11.4 Å². The van der Waals surface area contributed by atoms with Crippen molar-refractivity contribution in [2.75, 3.05) is 13.0 Å². The molecule has 0 radical (unpaired) electrons. The zero-order valence-electron chi connectivity index (χ0n) is 15.1. The molecule has 1 aliphatic rings. The van der Waals surface area contributed by atoms with E-state index in [9.17, 15) is 9.59 Å². The highest BCUT2D eigenvalue weighted by Crippen LogP contribution is 2.41. The van der Waals surface area contributed by atoms with Gasteiger partial charge in [0.25, 0.3) is 0 Å². The molecule has 1 aromatic heterocycles. The van der Waals surface area contributed by atoms with Crippen molar-refractivity contribution in [3.05, 3.63) is 70.4 Å². The van der Waals surface area contributed by atoms with E-state index in [1.165, 1.54) is 12.0 Å². The van der Waals surface area contributed by atoms with Crippen LogP contribution in [-0.2, 0) is 20.7 Å². The predicted octanol–water partition coefficient (Wildman–Crippen LogP) is 4.08. The molecule has 3 aromatic rings. The van der Waals surface area contributed by atoms with Crippen LogP contribution in [0.5, 0.6) is 0 Å². The van der Waals surface area contributed by atoms with Crippen LogP contribution >= 0.6 is 23.2 Å². The molecule has 1 amide bonds. The zero-order chi connectivity index (χ0) is 19.8. The largest absolute Gasteiger partial charge is 0.467 e. The van der Waals surface area contributed by atoms with Crippen molar-refractivity contribution in [3.8, 4) is 0 Å². The second-order valence-electron chi connectivity index (χ2n) is 6.70. The number of hydrogen-bond acceptors (Lipinski definition) is 3. The van der Waals surface area contributed by atoms with Crippen LogP contribution in [0.2, 0.25) is 5.02 Å². The number of fused-ring (bicyclic) bond motifs is 3. The first-order chi connectivity index (χ1) is 13.5. The number of benzene rings is 2. The third kappa shape index (κ3) is 3.05. The number of hydrogen-bond donors (Lipinski definition) is 1. The molecule has 1 aliphatic heterocycles. The number of aromatic amines is 1. The summed E-state index contributed by atoms with van der Waals surface area (Å²) in [5.74, 6) is -1.05. The number of nitrogens with one attached hydrogen (secondary N) is 1. The second kappa shape index (κ2) is 7.49. The average molecular weight is 417 g/mol. The number of rotatable bonds is 3. The number of para-hydroxylation sites is 1. The minimum absolute atomic E-state index is 0.236. The Morgan fingerprint density at radius 3 is 2.71 bits per heavy atom. The van der Waals surface area contributed by atoms with Gasteiger partial charge in [-0.3, -0.25) is 4.79 Å². The number of halogens is 2. The molecule has 5 nitrogen and oxygen atoms in total. The monoisotopic (exact) mass is 416 g/mol. The Hall–Kier alpha value is -2.50. The summed E-state index contributed by atoms with van der Waals surface area (Å²) in [6.45, 7) is 0. The second-order valence-corrected chi connectivity index (χ2v) is 7.40. The fourth-order valence-electron chi connectivity index (χ4n) is 4.01. The highest BCUT2D eigenvalue weighted by Gasteiger charge is 2.43. The first-order valence-corrected chi connectivity index (χ1v) is 9.76. The van der Waals surface area contributed by atoms with Gasteiger partial charge in [-0.1, -0.05) is 41.9 Å². The molecule has 2 atom stereocenters. The van der Waals surface area contributed by atoms with Crippen molar-refractivity contribution >= 4 is 46.0 Å². The van der Waals surface area contributed by atoms with E-state index in [-0.39, 0.29) is 11.8 Å². The predicted molar refractivity (Wildman–Crippen MR) is 109 cm³/mol. The smallest absolute Gasteiger partial charge is 0.328 e. The van der Waals surface area contributed by atoms with Crippen LogP contribution in [0.25, 0.3) is 10.9 Å². The molecule has 0 spiro atoms. The molecular weight excluding hydrogens is 399 g/mol. The first kappa shape index (κ1) is 18.8. The van der Waals surface area contributed by atoms with Gasteiger partial charge in [0.2, 0.25) is 5.91 Å². The van der Waals surface area contributed by atoms with Crippen LogP contribution in [0.15, 0.2) is 48.5 Å². The van der Waals surface area contributed by atoms with Crippen molar-refractivity contribution in [2.45, 2.75) is 18.5 Å². The number of methoxy groups -OCH3 is 1. The number of nitrogens with zero attached hydrogens (tertiary/aromatic N) is 1. The fourth-order valence-corrected chi connectivity index (χ4v) is 4.35. The summed E-state index contributed by atoms with van der Waals surface area (Å²) in [6.07, 6.45) is 0.353. The van der Waals surface area contributed by atoms with Gasteiger partial charge in [-0.2, -0.15) is 0 Å². The third-order valence-electron chi connectivity index (χ3n) is 5.17. The average Bonchev–Trinajstić information content (AvgIpc) is 3.09. The Morgan fingerprint density at radius 1 is 1.21 bits per heavy atom. The lowest BCUT2D eigenvalue weighted by molar-refractivity contribution is -0.154. The molecule has 2 unspecified atom stereocenters. The number of aromatic nitrogens is 1. The van der Waals surface area contributed by atoms with Gasteiger partial charge < -0.3 is 14.6 Å². The van der Waals surface area contributed by atoms with Gasteiger partial charge in [0.05, 0.1) is 13.2 Å². The molecule has 0 saturated carbocycles. The van der Waals surface area contributed by atoms with Crippen molar-refractivity contribution in [2.24, 2.45) is 0 Å². The Labute approximate surface area is 172 Å². The summed E-state index contributed by atoms with van der Waals surface area (Å²) in [4.78, 5) is 30.4. The van der Waals surface area contributed by atoms with Crippen LogP contribution in [0.3, 0.4) is 0 Å². The Morgan fingerprint density at radius 2 is 2.00 bits per heavy atom. The Bertz CT molecular complexity index is 1060. The zero-order valence-corrected chi connectivity index (χ0v) is 16.6. The highest BCUT2D eigenvalue weighted by molar-refractivity contribution is 6.30. The van der Waals surface area contributed by atoms with Crippen LogP contribution < -0.4 is 0 Å². The first-order valence-electron chi connectivity index (χ1n) is 8.85. The van der Waals surface area contributed by atoms with Crippen molar-refractivity contribution in [3.63, 3.8) is 0 Å². The van der Waals surface area contributed by atoms with Crippen molar-refractivity contribution in [1.29, 1.82) is 0 Å². The molecule has 4 rings (SSSR count). The van der Waals surface area contributed by atoms with E-state index in [4.69, 9.17) is 27.9 Å². The molecule has 0 bridgehead atoms. The van der Waals surface area contributed by atoms with E-state index >= 15 is 0 Å². The molecular formula is C21H18Cl2N2O3. The van der Waals surface area contributed by atoms with Crippen LogP contribution in [0.1, 0.15) is 22.9 Å². The highest BCUT2D eigenvalue weighted by atomic mass is 35.5. The minimum Gasteiger partial charge on any atom is -0.467 e. The topological polar surface area (TPSA) is 62.4 Å². The van der Waals surface area contributed by atoms with Gasteiger partial charge in [0.1, 0.15) is 11.9 Å². The number of carbonyl (C=O) groups excluding carboxylic acids is 2. The summed E-state index contributed by atoms with van der Waals surface area (Å²) in [5.41, 5.74) is 3.60. The quantitative estimate of drug-likeness (QED) is 0.516. The molecule has 144 valence electrons. The molecule has 0 aliphatic carbocycles. The Kier molecular flexibility index (Phi) is 5.04. The van der Waals surface area contributed by atoms with Gasteiger partial charge in [-0.05, 0) is 29.3 Å². The molecule has 0 saturated heterocycles. The minimum atomic E-state index is -0.771. The van der Waals surface area contributed by atoms with E-state index in [2.05, 4.69) is 4.98 Å². The van der Waals surface area contributed by atoms with Gasteiger partial charge in [0.15, 0.2) is 0 Å². The maximum atomic E-state index is 12.8. The van der Waals surface area contributed by atoms with E-state index < -0.39 is 18.1 Å². The van der Waals surface area contributed by atoms with Crippen LogP contribution in [0.4, 0.5) is 0 Å². The Balaban J connectivity index is 1.99.